The highest BCUT2D eigenvalue weighted by Crippen LogP contribution is 2.10. The van der Waals surface area contributed by atoms with E-state index in [1.165, 1.54) is 0 Å². The highest BCUT2D eigenvalue weighted by atomic mass is 16.4. The molecule has 9 nitrogen and oxygen atoms in total. The Kier molecular flexibility index (Phi) is 11.0. The average Bonchev–Trinajstić information content (AvgIpc) is 2.73. The highest BCUT2D eigenvalue weighted by molar-refractivity contribution is 5.94. The van der Waals surface area contributed by atoms with Crippen LogP contribution in [0.4, 0.5) is 0 Å². The molecule has 1 aromatic carbocycles. The number of nitrogens with two attached hydrogens (primary N) is 1. The van der Waals surface area contributed by atoms with Gasteiger partial charge in [0.2, 0.25) is 17.7 Å². The molecule has 184 valence electrons. The average molecular weight is 463 g/mol. The minimum absolute atomic E-state index is 0.267. The topological polar surface area (TPSA) is 151 Å². The van der Waals surface area contributed by atoms with Crippen molar-refractivity contribution in [2.45, 2.75) is 72.1 Å². The molecule has 0 fully saturated rings. The maximum absolute atomic E-state index is 13.0. The van der Waals surface area contributed by atoms with Crippen molar-refractivity contribution in [3.8, 4) is 0 Å². The van der Waals surface area contributed by atoms with Gasteiger partial charge in [0.25, 0.3) is 0 Å². The Morgan fingerprint density at radius 1 is 0.727 bits per heavy atom. The number of amides is 3. The number of hydrogen-bond acceptors (Lipinski definition) is 5. The maximum atomic E-state index is 13.0. The van der Waals surface area contributed by atoms with Crippen LogP contribution in [0.25, 0.3) is 0 Å². The second-order valence-corrected chi connectivity index (χ2v) is 9.33. The summed E-state index contributed by atoms with van der Waals surface area (Å²) in [6, 6.07) is 5.53. The van der Waals surface area contributed by atoms with E-state index in [0.29, 0.717) is 6.42 Å². The Morgan fingerprint density at radius 3 is 1.52 bits per heavy atom. The zero-order chi connectivity index (χ0) is 25.3. The van der Waals surface area contributed by atoms with Gasteiger partial charge in [-0.3, -0.25) is 14.4 Å². The van der Waals surface area contributed by atoms with Crippen LogP contribution >= 0.6 is 0 Å². The SMILES string of the molecule is CC(C)C(NC(=O)C(NC(=O)C(NC(=O)C(N)Cc1ccccc1)C(C)C)C(C)C)C(=O)O. The second-order valence-electron chi connectivity index (χ2n) is 9.33. The molecule has 0 aliphatic rings. The van der Waals surface area contributed by atoms with E-state index in [2.05, 4.69) is 16.0 Å². The smallest absolute Gasteiger partial charge is 0.326 e. The molecule has 0 radical (unpaired) electrons. The van der Waals surface area contributed by atoms with Crippen LogP contribution < -0.4 is 21.7 Å². The van der Waals surface area contributed by atoms with Crippen molar-refractivity contribution in [3.63, 3.8) is 0 Å². The summed E-state index contributed by atoms with van der Waals surface area (Å²) >= 11 is 0. The molecule has 33 heavy (non-hydrogen) atoms. The van der Waals surface area contributed by atoms with Gasteiger partial charge in [-0.2, -0.15) is 0 Å². The van der Waals surface area contributed by atoms with Crippen LogP contribution in [0.1, 0.15) is 47.1 Å². The van der Waals surface area contributed by atoms with E-state index in [4.69, 9.17) is 5.73 Å². The first-order valence-corrected chi connectivity index (χ1v) is 11.3. The van der Waals surface area contributed by atoms with Gasteiger partial charge in [0.15, 0.2) is 0 Å². The summed E-state index contributed by atoms with van der Waals surface area (Å²) in [4.78, 5) is 49.9. The van der Waals surface area contributed by atoms with Gasteiger partial charge in [-0.1, -0.05) is 71.9 Å². The molecule has 0 aliphatic carbocycles. The van der Waals surface area contributed by atoms with Crippen molar-refractivity contribution in [2.75, 3.05) is 0 Å². The number of carboxylic acid groups (broad SMARTS) is 1. The molecule has 0 spiro atoms. The van der Waals surface area contributed by atoms with Crippen LogP contribution in [-0.4, -0.2) is 53.0 Å². The van der Waals surface area contributed by atoms with Crippen molar-refractivity contribution in [1.29, 1.82) is 0 Å². The fourth-order valence-electron chi connectivity index (χ4n) is 3.29. The zero-order valence-corrected chi connectivity index (χ0v) is 20.3. The summed E-state index contributed by atoms with van der Waals surface area (Å²) in [5.74, 6) is -3.64. The van der Waals surface area contributed by atoms with E-state index in [9.17, 15) is 24.3 Å². The fourth-order valence-corrected chi connectivity index (χ4v) is 3.29. The molecule has 0 aromatic heterocycles. The number of benzene rings is 1. The van der Waals surface area contributed by atoms with Gasteiger partial charge in [-0.25, -0.2) is 4.79 Å². The lowest BCUT2D eigenvalue weighted by Gasteiger charge is -2.29. The molecule has 0 bridgehead atoms. The molecular formula is C24H38N4O5. The Bertz CT molecular complexity index is 810. The van der Waals surface area contributed by atoms with Gasteiger partial charge in [0.05, 0.1) is 6.04 Å². The quantitative estimate of drug-likeness (QED) is 0.313. The first-order valence-electron chi connectivity index (χ1n) is 11.3. The van der Waals surface area contributed by atoms with Crippen molar-refractivity contribution in [2.24, 2.45) is 23.5 Å². The third-order valence-corrected chi connectivity index (χ3v) is 5.36. The van der Waals surface area contributed by atoms with E-state index in [1.54, 1.807) is 41.5 Å². The minimum Gasteiger partial charge on any atom is -0.480 e. The second kappa shape index (κ2) is 12.9. The predicted octanol–water partition coefficient (Wildman–Crippen LogP) is 1.06. The third kappa shape index (κ3) is 8.84. The van der Waals surface area contributed by atoms with Gasteiger partial charge in [0.1, 0.15) is 18.1 Å². The number of carboxylic acids is 1. The third-order valence-electron chi connectivity index (χ3n) is 5.36. The normalized spacial score (nSPS) is 15.0. The van der Waals surface area contributed by atoms with Crippen molar-refractivity contribution < 1.29 is 24.3 Å². The van der Waals surface area contributed by atoms with Crippen molar-refractivity contribution >= 4 is 23.7 Å². The summed E-state index contributed by atoms with van der Waals surface area (Å²) in [5, 5.41) is 17.2. The van der Waals surface area contributed by atoms with Crippen LogP contribution in [-0.2, 0) is 25.6 Å². The molecule has 0 saturated heterocycles. The number of carbonyl (C=O) groups excluding carboxylic acids is 3. The lowest BCUT2D eigenvalue weighted by Crippen LogP contribution is -2.60. The van der Waals surface area contributed by atoms with Crippen molar-refractivity contribution in [1.82, 2.24) is 16.0 Å². The molecule has 1 aromatic rings. The summed E-state index contributed by atoms with van der Waals surface area (Å²) in [7, 11) is 0. The summed E-state index contributed by atoms with van der Waals surface area (Å²) in [6.07, 6.45) is 0.321. The standard InChI is InChI=1S/C24H38N4O5/c1-13(2)18(26-21(29)17(25)12-16-10-8-7-9-11-16)22(30)27-19(14(3)4)23(31)28-20(15(5)6)24(32)33/h7-11,13-15,17-20H,12,25H2,1-6H3,(H,26,29)(H,27,30)(H,28,31)(H,32,33). The van der Waals surface area contributed by atoms with E-state index >= 15 is 0 Å². The fraction of sp³-hybridized carbons (Fsp3) is 0.583. The Hall–Kier alpha value is -2.94. The Morgan fingerprint density at radius 2 is 1.12 bits per heavy atom. The summed E-state index contributed by atoms with van der Waals surface area (Å²) in [5.41, 5.74) is 6.95. The number of rotatable bonds is 12. The van der Waals surface area contributed by atoms with Crippen LogP contribution in [0.15, 0.2) is 30.3 Å². The van der Waals surface area contributed by atoms with E-state index in [0.717, 1.165) is 5.56 Å². The Labute approximate surface area is 195 Å². The molecule has 4 atom stereocenters. The zero-order valence-electron chi connectivity index (χ0n) is 20.3. The maximum Gasteiger partial charge on any atom is 0.326 e. The molecular weight excluding hydrogens is 424 g/mol. The van der Waals surface area contributed by atoms with Gasteiger partial charge in [0, 0.05) is 0 Å². The molecule has 3 amide bonds. The molecule has 6 N–H and O–H groups in total. The first-order chi connectivity index (χ1) is 15.3. The number of nitrogens with one attached hydrogen (secondary N) is 3. The van der Waals surface area contributed by atoms with Gasteiger partial charge >= 0.3 is 5.97 Å². The lowest BCUT2D eigenvalue weighted by molar-refractivity contribution is -0.144. The van der Waals surface area contributed by atoms with Crippen molar-refractivity contribution in [3.05, 3.63) is 35.9 Å². The van der Waals surface area contributed by atoms with E-state index in [-0.39, 0.29) is 17.8 Å². The molecule has 4 unspecified atom stereocenters. The first kappa shape index (κ1) is 28.1. The predicted molar refractivity (Wildman–Crippen MR) is 126 cm³/mol. The molecule has 0 heterocycles. The van der Waals surface area contributed by atoms with E-state index < -0.39 is 47.9 Å². The van der Waals surface area contributed by atoms with Crippen LogP contribution in [0.3, 0.4) is 0 Å². The molecule has 1 rings (SSSR count). The van der Waals surface area contributed by atoms with Gasteiger partial charge < -0.3 is 26.8 Å². The number of aliphatic carboxylic acids is 1. The van der Waals surface area contributed by atoms with Gasteiger partial charge in [-0.15, -0.1) is 0 Å². The molecule has 0 saturated carbocycles. The highest BCUT2D eigenvalue weighted by Gasteiger charge is 2.33. The Balaban J connectivity index is 2.88. The van der Waals surface area contributed by atoms with Crippen LogP contribution in [0.2, 0.25) is 0 Å². The summed E-state index contributed by atoms with van der Waals surface area (Å²) in [6.45, 7) is 10.4. The molecule has 9 heteroatoms. The number of hydrogen-bond donors (Lipinski definition) is 5. The number of carbonyl (C=O) groups is 4. The largest absolute Gasteiger partial charge is 0.480 e. The van der Waals surface area contributed by atoms with Crippen LogP contribution in [0.5, 0.6) is 0 Å². The minimum atomic E-state index is -1.15. The monoisotopic (exact) mass is 462 g/mol. The van der Waals surface area contributed by atoms with Gasteiger partial charge in [-0.05, 0) is 29.7 Å². The lowest BCUT2D eigenvalue weighted by atomic mass is 9.98. The molecule has 0 aliphatic heterocycles. The summed E-state index contributed by atoms with van der Waals surface area (Å²) < 4.78 is 0. The van der Waals surface area contributed by atoms with E-state index in [1.807, 2.05) is 30.3 Å². The van der Waals surface area contributed by atoms with Crippen LogP contribution in [0, 0.1) is 17.8 Å².